The molecule has 0 spiro atoms. The van der Waals surface area contributed by atoms with E-state index in [1.807, 2.05) is 11.3 Å². The van der Waals surface area contributed by atoms with Crippen LogP contribution in [0.2, 0.25) is 0 Å². The van der Waals surface area contributed by atoms with Gasteiger partial charge in [0, 0.05) is 36.5 Å². The minimum absolute atomic E-state index is 0.649. The summed E-state index contributed by atoms with van der Waals surface area (Å²) in [7, 11) is 0. The third kappa shape index (κ3) is 4.61. The highest BCUT2D eigenvalue weighted by Crippen LogP contribution is 2.41. The van der Waals surface area contributed by atoms with Gasteiger partial charge in [0.25, 0.3) is 0 Å². The first kappa shape index (κ1) is 27.8. The minimum Gasteiger partial charge on any atom is -0.208 e. The van der Waals surface area contributed by atoms with E-state index < -0.39 is 0 Å². The molecule has 0 saturated heterocycles. The highest BCUT2D eigenvalue weighted by molar-refractivity contribution is 7.26. The normalized spacial score (nSPS) is 11.7. The van der Waals surface area contributed by atoms with E-state index in [9.17, 15) is 0 Å². The first-order valence-corrected chi connectivity index (χ1v) is 17.3. The first-order chi connectivity index (χ1) is 24.3. The Morgan fingerprint density at radius 3 is 1.78 bits per heavy atom. The Morgan fingerprint density at radius 2 is 0.959 bits per heavy atom. The molecule has 0 fully saturated rings. The Morgan fingerprint density at radius 1 is 0.347 bits per heavy atom. The van der Waals surface area contributed by atoms with E-state index in [-0.39, 0.29) is 0 Å². The van der Waals surface area contributed by atoms with Crippen LogP contribution in [0.1, 0.15) is 0 Å². The van der Waals surface area contributed by atoms with E-state index in [0.717, 1.165) is 32.8 Å². The predicted octanol–water partition coefficient (Wildman–Crippen LogP) is 12.4. The maximum absolute atomic E-state index is 5.31. The van der Waals surface area contributed by atoms with Gasteiger partial charge in [0.15, 0.2) is 17.1 Å². The Kier molecular flexibility index (Phi) is 6.36. The molecule has 0 N–H and O–H groups in total. The lowest BCUT2D eigenvalue weighted by Gasteiger charge is -2.14. The molecule has 0 aliphatic heterocycles. The maximum Gasteiger partial charge on any atom is 0.164 e. The molecule has 0 aliphatic rings. The summed E-state index contributed by atoms with van der Waals surface area (Å²) in [5.41, 5.74) is 6.84. The van der Waals surface area contributed by atoms with Crippen LogP contribution in [0, 0.1) is 0 Å². The van der Waals surface area contributed by atoms with Crippen molar-refractivity contribution in [1.29, 1.82) is 0 Å². The van der Waals surface area contributed by atoms with E-state index in [1.165, 1.54) is 47.5 Å². The smallest absolute Gasteiger partial charge is 0.164 e. The van der Waals surface area contributed by atoms with Crippen molar-refractivity contribution < 1.29 is 0 Å². The topological polar surface area (TPSA) is 38.7 Å². The molecule has 3 aromatic heterocycles. The molecule has 0 atom stereocenters. The van der Waals surface area contributed by atoms with Gasteiger partial charge in [0.1, 0.15) is 0 Å². The number of fused-ring (bicyclic) bond motifs is 10. The largest absolute Gasteiger partial charge is 0.208 e. The maximum atomic E-state index is 5.31. The van der Waals surface area contributed by atoms with Crippen molar-refractivity contribution in [2.24, 2.45) is 0 Å². The highest BCUT2D eigenvalue weighted by atomic mass is 32.1. The van der Waals surface area contributed by atoms with Crippen molar-refractivity contribution in [3.8, 4) is 33.6 Å². The van der Waals surface area contributed by atoms with Gasteiger partial charge in [-0.15, -0.1) is 11.3 Å². The van der Waals surface area contributed by atoms with Crippen molar-refractivity contribution in [3.63, 3.8) is 0 Å². The summed E-state index contributed by atoms with van der Waals surface area (Å²) in [6.07, 6.45) is 0. The summed E-state index contributed by atoms with van der Waals surface area (Å²) >= 11 is 1.81. The molecule has 7 aromatic carbocycles. The fourth-order valence-corrected chi connectivity index (χ4v) is 8.35. The van der Waals surface area contributed by atoms with Crippen molar-refractivity contribution in [1.82, 2.24) is 15.0 Å². The van der Waals surface area contributed by atoms with Crippen LogP contribution in [0.3, 0.4) is 0 Å². The van der Waals surface area contributed by atoms with Gasteiger partial charge in [0.05, 0.1) is 0 Å². The third-order valence-corrected chi connectivity index (χ3v) is 10.6. The standard InChI is InChI=1S/C45H27N3S/c1-2-12-28(13-3-1)32-16-6-7-19-35(32)36-20-8-9-21-37(36)44-46-43-31-15-10-14-29(26-31)33-17-4-5-18-34(33)30-24-25-40-39(27-30)42-38(45(47-43)48-44)22-11-23-41(42)49-40/h1-27H. The zero-order valence-corrected chi connectivity index (χ0v) is 27.2. The Bertz CT molecular complexity index is 2950. The SMILES string of the molecule is c1ccc(-c2ccccc2-c2ccccc2-c2nc3nc(n2)c2cccc4sc5ccc(cc5c42)c2ccccc2c2cccc3c2)cc1. The van der Waals surface area contributed by atoms with Gasteiger partial charge in [-0.05, 0) is 68.1 Å². The zero-order valence-electron chi connectivity index (χ0n) is 26.3. The second-order valence-electron chi connectivity index (χ2n) is 12.4. The van der Waals surface area contributed by atoms with Crippen LogP contribution < -0.4 is 0 Å². The van der Waals surface area contributed by atoms with Gasteiger partial charge < -0.3 is 0 Å². The molecule has 10 rings (SSSR count). The molecule has 228 valence electrons. The summed E-state index contributed by atoms with van der Waals surface area (Å²) in [6, 6.07) is 58.2. The minimum atomic E-state index is 0.649. The molecule has 0 unspecified atom stereocenters. The summed E-state index contributed by atoms with van der Waals surface area (Å²) in [5, 5.41) is 9.06. The molecular formula is C45H27N3S. The Hall–Kier alpha value is -6.23. The van der Waals surface area contributed by atoms with E-state index in [0.29, 0.717) is 17.1 Å². The van der Waals surface area contributed by atoms with E-state index in [4.69, 9.17) is 15.0 Å². The number of aromatic nitrogens is 3. The van der Waals surface area contributed by atoms with Crippen LogP contribution in [0.5, 0.6) is 0 Å². The molecule has 4 heteroatoms. The molecule has 0 amide bonds. The second-order valence-corrected chi connectivity index (χ2v) is 13.5. The number of rotatable bonds is 3. The van der Waals surface area contributed by atoms with Gasteiger partial charge >= 0.3 is 0 Å². The molecule has 10 aromatic rings. The molecule has 3 heterocycles. The average molecular weight is 642 g/mol. The number of hydrogen-bond donors (Lipinski definition) is 0. The van der Waals surface area contributed by atoms with E-state index in [2.05, 4.69) is 164 Å². The van der Waals surface area contributed by atoms with Crippen LogP contribution in [0.25, 0.3) is 97.4 Å². The van der Waals surface area contributed by atoms with Crippen LogP contribution >= 0.6 is 11.3 Å². The fourth-order valence-electron chi connectivity index (χ4n) is 7.24. The monoisotopic (exact) mass is 641 g/mol. The average Bonchev–Trinajstić information content (AvgIpc) is 3.56. The van der Waals surface area contributed by atoms with Crippen molar-refractivity contribution >= 4 is 75.1 Å². The number of thiophene rings is 1. The Balaban J connectivity index is 1.37. The molecule has 0 aliphatic carbocycles. The Labute approximate surface area is 286 Å². The first-order valence-electron chi connectivity index (χ1n) is 16.4. The van der Waals surface area contributed by atoms with E-state index >= 15 is 0 Å². The van der Waals surface area contributed by atoms with E-state index in [1.54, 1.807) is 0 Å². The molecule has 3 nitrogen and oxygen atoms in total. The molecule has 0 saturated carbocycles. The summed E-state index contributed by atoms with van der Waals surface area (Å²) in [4.78, 5) is 15.8. The molecule has 6 bridgehead atoms. The van der Waals surface area contributed by atoms with Crippen LogP contribution in [0.4, 0.5) is 0 Å². The molecule has 0 radical (unpaired) electrons. The lowest BCUT2D eigenvalue weighted by Crippen LogP contribution is -1.97. The van der Waals surface area contributed by atoms with Gasteiger partial charge in [-0.25, -0.2) is 15.0 Å². The lowest BCUT2D eigenvalue weighted by molar-refractivity contribution is 1.18. The highest BCUT2D eigenvalue weighted by Gasteiger charge is 2.17. The fraction of sp³-hybridized carbons (Fsp3) is 0. The van der Waals surface area contributed by atoms with Crippen LogP contribution in [-0.4, -0.2) is 15.0 Å². The van der Waals surface area contributed by atoms with Gasteiger partial charge in [0.2, 0.25) is 0 Å². The summed E-state index contributed by atoms with van der Waals surface area (Å²) in [6.45, 7) is 0. The quantitative estimate of drug-likeness (QED) is 0.193. The van der Waals surface area contributed by atoms with Crippen molar-refractivity contribution in [3.05, 3.63) is 164 Å². The predicted molar refractivity (Wildman–Crippen MR) is 208 cm³/mol. The summed E-state index contributed by atoms with van der Waals surface area (Å²) in [5.74, 6) is 0.649. The second kappa shape index (κ2) is 11.2. The molecular weight excluding hydrogens is 615 g/mol. The number of benzene rings is 7. The van der Waals surface area contributed by atoms with Crippen molar-refractivity contribution in [2.75, 3.05) is 0 Å². The van der Waals surface area contributed by atoms with Gasteiger partial charge in [-0.1, -0.05) is 140 Å². The summed E-state index contributed by atoms with van der Waals surface area (Å²) < 4.78 is 2.46. The van der Waals surface area contributed by atoms with Crippen molar-refractivity contribution in [2.45, 2.75) is 0 Å². The lowest BCUT2D eigenvalue weighted by atomic mass is 9.91. The van der Waals surface area contributed by atoms with Crippen LogP contribution in [0.15, 0.2) is 164 Å². The number of hydrogen-bond acceptors (Lipinski definition) is 4. The van der Waals surface area contributed by atoms with Gasteiger partial charge in [-0.3, -0.25) is 0 Å². The van der Waals surface area contributed by atoms with Gasteiger partial charge in [-0.2, -0.15) is 0 Å². The zero-order chi connectivity index (χ0) is 32.3. The molecule has 49 heavy (non-hydrogen) atoms. The number of nitrogens with zero attached hydrogens (tertiary/aromatic N) is 3. The van der Waals surface area contributed by atoms with Crippen LogP contribution in [-0.2, 0) is 0 Å². The third-order valence-electron chi connectivity index (χ3n) is 9.51.